The first kappa shape index (κ1) is 18.0. The summed E-state index contributed by atoms with van der Waals surface area (Å²) in [6.07, 6.45) is 2.11. The predicted octanol–water partition coefficient (Wildman–Crippen LogP) is 4.33. The van der Waals surface area contributed by atoms with Crippen LogP contribution in [0.1, 0.15) is 59.1 Å². The van der Waals surface area contributed by atoms with Crippen molar-refractivity contribution in [3.8, 4) is 5.75 Å². The summed E-state index contributed by atoms with van der Waals surface area (Å²) in [6.45, 7) is 12.9. The molecular formula is C18H31NO2. The van der Waals surface area contributed by atoms with E-state index in [-0.39, 0.29) is 11.6 Å². The average molecular weight is 293 g/mol. The summed E-state index contributed by atoms with van der Waals surface area (Å²) >= 11 is 0. The highest BCUT2D eigenvalue weighted by atomic mass is 16.5. The summed E-state index contributed by atoms with van der Waals surface area (Å²) in [6, 6.07) is 8.42. The summed E-state index contributed by atoms with van der Waals surface area (Å²) in [4.78, 5) is 0. The molecule has 3 heteroatoms. The Kier molecular flexibility index (Phi) is 7.76. The zero-order valence-corrected chi connectivity index (χ0v) is 14.2. The van der Waals surface area contributed by atoms with E-state index >= 15 is 0 Å². The van der Waals surface area contributed by atoms with E-state index in [0.29, 0.717) is 6.61 Å². The molecule has 1 unspecified atom stereocenters. The van der Waals surface area contributed by atoms with Crippen LogP contribution in [0, 0.1) is 0 Å². The largest absolute Gasteiger partial charge is 0.493 e. The van der Waals surface area contributed by atoms with Crippen LogP contribution in [0.25, 0.3) is 0 Å². The quantitative estimate of drug-likeness (QED) is 0.735. The fourth-order valence-corrected chi connectivity index (χ4v) is 2.02. The Morgan fingerprint density at radius 2 is 1.81 bits per heavy atom. The molecule has 0 saturated carbocycles. The van der Waals surface area contributed by atoms with Gasteiger partial charge in [-0.3, -0.25) is 0 Å². The highest BCUT2D eigenvalue weighted by Crippen LogP contribution is 2.26. The maximum absolute atomic E-state index is 5.98. The van der Waals surface area contributed by atoms with Gasteiger partial charge in [-0.1, -0.05) is 32.0 Å². The predicted molar refractivity (Wildman–Crippen MR) is 89.0 cm³/mol. The van der Waals surface area contributed by atoms with Crippen LogP contribution in [0.3, 0.4) is 0 Å². The molecule has 1 N–H and O–H groups in total. The summed E-state index contributed by atoms with van der Waals surface area (Å²) < 4.78 is 11.9. The molecule has 1 rings (SSSR count). The smallest absolute Gasteiger partial charge is 0.124 e. The second-order valence-corrected chi connectivity index (χ2v) is 6.32. The number of benzene rings is 1. The van der Waals surface area contributed by atoms with Crippen LogP contribution in [-0.2, 0) is 4.74 Å². The lowest BCUT2D eigenvalue weighted by Crippen LogP contribution is -2.31. The van der Waals surface area contributed by atoms with Crippen molar-refractivity contribution in [1.82, 2.24) is 5.32 Å². The first-order chi connectivity index (χ1) is 9.98. The van der Waals surface area contributed by atoms with E-state index in [2.05, 4.69) is 52.1 Å². The van der Waals surface area contributed by atoms with Crippen LogP contribution in [0.2, 0.25) is 0 Å². The van der Waals surface area contributed by atoms with E-state index in [1.807, 2.05) is 12.1 Å². The van der Waals surface area contributed by atoms with Gasteiger partial charge in [0.1, 0.15) is 5.75 Å². The van der Waals surface area contributed by atoms with Crippen molar-refractivity contribution in [2.24, 2.45) is 0 Å². The normalized spacial score (nSPS) is 13.2. The van der Waals surface area contributed by atoms with Crippen molar-refractivity contribution >= 4 is 0 Å². The lowest BCUT2D eigenvalue weighted by atomic mass is 10.1. The molecule has 0 fully saturated rings. The van der Waals surface area contributed by atoms with Gasteiger partial charge in [0.25, 0.3) is 0 Å². The Hall–Kier alpha value is -1.06. The van der Waals surface area contributed by atoms with Gasteiger partial charge in [0.15, 0.2) is 0 Å². The second kappa shape index (κ2) is 9.06. The summed E-state index contributed by atoms with van der Waals surface area (Å²) in [5.41, 5.74) is 1.05. The van der Waals surface area contributed by atoms with Crippen LogP contribution in [-0.4, -0.2) is 25.4 Å². The van der Waals surface area contributed by atoms with Gasteiger partial charge in [0, 0.05) is 5.56 Å². The molecule has 0 amide bonds. The first-order valence-corrected chi connectivity index (χ1v) is 8.07. The average Bonchev–Trinajstić information content (AvgIpc) is 2.45. The van der Waals surface area contributed by atoms with Crippen molar-refractivity contribution in [1.29, 1.82) is 0 Å². The first-order valence-electron chi connectivity index (χ1n) is 8.07. The molecule has 0 aliphatic rings. The number of hydrogen-bond donors (Lipinski definition) is 1. The molecule has 0 saturated heterocycles. The van der Waals surface area contributed by atoms with Crippen molar-refractivity contribution in [3.63, 3.8) is 0 Å². The third-order valence-electron chi connectivity index (χ3n) is 3.08. The third kappa shape index (κ3) is 6.96. The Morgan fingerprint density at radius 1 is 1.10 bits per heavy atom. The van der Waals surface area contributed by atoms with Gasteiger partial charge in [0.2, 0.25) is 0 Å². The van der Waals surface area contributed by atoms with Crippen molar-refractivity contribution in [3.05, 3.63) is 29.8 Å². The molecule has 1 atom stereocenters. The lowest BCUT2D eigenvalue weighted by Gasteiger charge is -2.26. The van der Waals surface area contributed by atoms with Gasteiger partial charge in [-0.15, -0.1) is 0 Å². The summed E-state index contributed by atoms with van der Waals surface area (Å²) in [7, 11) is 0. The number of para-hydroxylation sites is 1. The minimum atomic E-state index is -0.134. The van der Waals surface area contributed by atoms with Gasteiger partial charge in [0.05, 0.1) is 24.9 Å². The minimum Gasteiger partial charge on any atom is -0.493 e. The number of rotatable bonds is 9. The van der Waals surface area contributed by atoms with E-state index in [4.69, 9.17) is 9.47 Å². The Balaban J connectivity index is 2.85. The molecule has 0 radical (unpaired) electrons. The molecule has 0 aromatic heterocycles. The molecule has 1 aromatic carbocycles. The van der Waals surface area contributed by atoms with Crippen LogP contribution < -0.4 is 10.1 Å². The molecule has 0 heterocycles. The highest BCUT2D eigenvalue weighted by molar-refractivity contribution is 5.36. The molecule has 0 spiro atoms. The molecular weight excluding hydrogens is 262 g/mol. The van der Waals surface area contributed by atoms with Gasteiger partial charge < -0.3 is 14.8 Å². The fraction of sp³-hybridized carbons (Fsp3) is 0.667. The Bertz CT molecular complexity index is 398. The van der Waals surface area contributed by atoms with E-state index in [1.54, 1.807) is 0 Å². The molecule has 120 valence electrons. The topological polar surface area (TPSA) is 30.5 Å². The molecule has 3 nitrogen and oxygen atoms in total. The van der Waals surface area contributed by atoms with Gasteiger partial charge in [-0.2, -0.15) is 0 Å². The third-order valence-corrected chi connectivity index (χ3v) is 3.08. The van der Waals surface area contributed by atoms with Crippen LogP contribution >= 0.6 is 0 Å². The van der Waals surface area contributed by atoms with Gasteiger partial charge in [-0.05, 0) is 46.2 Å². The summed E-state index contributed by atoms with van der Waals surface area (Å²) in [5, 5.41) is 3.57. The van der Waals surface area contributed by atoms with E-state index in [0.717, 1.165) is 31.7 Å². The lowest BCUT2D eigenvalue weighted by molar-refractivity contribution is -0.0150. The number of ether oxygens (including phenoxy) is 2. The van der Waals surface area contributed by atoms with E-state index < -0.39 is 0 Å². The Labute approximate surface area is 130 Å². The maximum Gasteiger partial charge on any atom is 0.124 e. The monoisotopic (exact) mass is 293 g/mol. The molecule has 0 aliphatic heterocycles. The highest BCUT2D eigenvalue weighted by Gasteiger charge is 2.19. The maximum atomic E-state index is 5.98. The standard InChI is InChI=1S/C18H31NO2/c1-6-12-19-16(14-21-18(3,4)5)15-10-8-9-11-17(15)20-13-7-2/h8-11,16,19H,6-7,12-14H2,1-5H3. The van der Waals surface area contributed by atoms with Crippen molar-refractivity contribution in [2.45, 2.75) is 59.1 Å². The zero-order chi connectivity index (χ0) is 15.7. The van der Waals surface area contributed by atoms with E-state index in [9.17, 15) is 0 Å². The van der Waals surface area contributed by atoms with Crippen molar-refractivity contribution < 1.29 is 9.47 Å². The molecule has 1 aromatic rings. The molecule has 0 aliphatic carbocycles. The fourth-order valence-electron chi connectivity index (χ4n) is 2.02. The summed E-state index contributed by atoms with van der Waals surface area (Å²) in [5.74, 6) is 0.963. The number of nitrogens with one attached hydrogen (secondary N) is 1. The van der Waals surface area contributed by atoms with Crippen LogP contribution in [0.5, 0.6) is 5.75 Å². The van der Waals surface area contributed by atoms with E-state index in [1.165, 1.54) is 5.56 Å². The van der Waals surface area contributed by atoms with Gasteiger partial charge in [-0.25, -0.2) is 0 Å². The SMILES string of the molecule is CCCNC(COC(C)(C)C)c1ccccc1OCCC. The van der Waals surface area contributed by atoms with Crippen molar-refractivity contribution in [2.75, 3.05) is 19.8 Å². The number of hydrogen-bond acceptors (Lipinski definition) is 3. The Morgan fingerprint density at radius 3 is 2.43 bits per heavy atom. The molecule has 21 heavy (non-hydrogen) atoms. The van der Waals surface area contributed by atoms with Gasteiger partial charge >= 0.3 is 0 Å². The zero-order valence-electron chi connectivity index (χ0n) is 14.2. The second-order valence-electron chi connectivity index (χ2n) is 6.32. The molecule has 0 bridgehead atoms. The van der Waals surface area contributed by atoms with Crippen LogP contribution in [0.4, 0.5) is 0 Å². The minimum absolute atomic E-state index is 0.134. The van der Waals surface area contributed by atoms with Crippen LogP contribution in [0.15, 0.2) is 24.3 Å².